The van der Waals surface area contributed by atoms with Crippen LogP contribution in [0.25, 0.3) is 11.1 Å². The lowest BCUT2D eigenvalue weighted by atomic mass is 9.99. The Bertz CT molecular complexity index is 2600. The van der Waals surface area contributed by atoms with Crippen LogP contribution in [0.5, 0.6) is 0 Å². The third-order valence-electron chi connectivity index (χ3n) is 11.9. The fraction of sp³-hybridized carbons (Fsp3) is 0.340. The quantitative estimate of drug-likeness (QED) is 0.0775. The molecule has 65 heavy (non-hydrogen) atoms. The summed E-state index contributed by atoms with van der Waals surface area (Å²) in [6.07, 6.45) is 0.625. The van der Waals surface area contributed by atoms with E-state index in [9.17, 15) is 30.9 Å². The number of fused-ring (bicyclic) bond motifs is 1. The molecule has 0 bridgehead atoms. The van der Waals surface area contributed by atoms with Crippen molar-refractivity contribution in [2.45, 2.75) is 40.7 Å². The van der Waals surface area contributed by atoms with E-state index in [1.165, 1.54) is 23.4 Å². The SMILES string of the molecule is O=C(NP1(=O)OCCc2cc(N[C@H](CCN3CCOCC3)CSc3ccccc3)c(S(=O)(=O)C(F)(F)F)cc21)c1ccc(N2CCN(Cc3ccccc3-c3ccc(Cl)cc3)CC2)cc1. The molecule has 3 aliphatic heterocycles. The molecule has 8 rings (SSSR count). The zero-order valence-corrected chi connectivity index (χ0v) is 38.8. The zero-order chi connectivity index (χ0) is 45.6. The Morgan fingerprint density at radius 2 is 1.52 bits per heavy atom. The van der Waals surface area contributed by atoms with Gasteiger partial charge in [-0.25, -0.2) is 8.42 Å². The Labute approximate surface area is 387 Å². The molecule has 2 atom stereocenters. The molecule has 2 fully saturated rings. The molecule has 0 aliphatic carbocycles. The molecule has 3 heterocycles. The molecule has 0 aromatic heterocycles. The lowest BCUT2D eigenvalue weighted by Gasteiger charge is -2.36. The lowest BCUT2D eigenvalue weighted by Crippen LogP contribution is -2.46. The van der Waals surface area contributed by atoms with E-state index in [2.05, 4.69) is 37.2 Å². The molecule has 5 aromatic rings. The Morgan fingerprint density at radius 3 is 2.23 bits per heavy atom. The van der Waals surface area contributed by atoms with Gasteiger partial charge in [-0.05, 0) is 95.8 Å². The van der Waals surface area contributed by atoms with Gasteiger partial charge in [0.1, 0.15) is 4.90 Å². The number of thioether (sulfide) groups is 1. The molecule has 2 saturated heterocycles. The van der Waals surface area contributed by atoms with Gasteiger partial charge in [-0.15, -0.1) is 11.8 Å². The summed E-state index contributed by atoms with van der Waals surface area (Å²) in [5.74, 6) is -0.356. The van der Waals surface area contributed by atoms with Crippen molar-refractivity contribution in [1.29, 1.82) is 0 Å². The number of piperazine rings is 1. The van der Waals surface area contributed by atoms with Crippen LogP contribution in [0, 0.1) is 0 Å². The normalized spacial score (nSPS) is 19.0. The smallest absolute Gasteiger partial charge is 0.380 e. The van der Waals surface area contributed by atoms with Gasteiger partial charge in [0.05, 0.1) is 30.8 Å². The van der Waals surface area contributed by atoms with Gasteiger partial charge in [-0.3, -0.25) is 24.2 Å². The number of alkyl halides is 3. The number of ether oxygens (including phenoxy) is 1. The minimum atomic E-state index is -5.97. The highest BCUT2D eigenvalue weighted by molar-refractivity contribution is 7.99. The van der Waals surface area contributed by atoms with Gasteiger partial charge in [-0.1, -0.05) is 66.2 Å². The van der Waals surface area contributed by atoms with Crippen LogP contribution in [-0.2, 0) is 36.6 Å². The fourth-order valence-electron chi connectivity index (χ4n) is 8.28. The van der Waals surface area contributed by atoms with Crippen LogP contribution < -0.4 is 20.6 Å². The van der Waals surface area contributed by atoms with E-state index in [0.29, 0.717) is 55.6 Å². The number of carbonyl (C=O) groups is 1. The van der Waals surface area contributed by atoms with Gasteiger partial charge in [0.25, 0.3) is 15.7 Å². The number of rotatable bonds is 15. The van der Waals surface area contributed by atoms with Gasteiger partial charge in [0.2, 0.25) is 0 Å². The summed E-state index contributed by atoms with van der Waals surface area (Å²) in [5.41, 5.74) is -1.08. The molecule has 0 saturated carbocycles. The summed E-state index contributed by atoms with van der Waals surface area (Å²) in [5, 5.41) is 5.98. The van der Waals surface area contributed by atoms with Crippen LogP contribution in [0.1, 0.15) is 27.9 Å². The Kier molecular flexibility index (Phi) is 15.0. The molecule has 0 radical (unpaired) electrons. The first kappa shape index (κ1) is 47.1. The Morgan fingerprint density at radius 1 is 0.831 bits per heavy atom. The third-order valence-corrected chi connectivity index (χ3v) is 16.9. The minimum absolute atomic E-state index is 0.114. The number of halogens is 4. The predicted molar refractivity (Wildman–Crippen MR) is 251 cm³/mol. The van der Waals surface area contributed by atoms with E-state index in [0.717, 1.165) is 60.5 Å². The summed E-state index contributed by atoms with van der Waals surface area (Å²) in [7, 11) is -10.4. The number of hydrogen-bond donors (Lipinski definition) is 2. The summed E-state index contributed by atoms with van der Waals surface area (Å²) in [6, 6.07) is 34.1. The van der Waals surface area contributed by atoms with Gasteiger partial charge in [-0.2, -0.15) is 13.2 Å². The molecule has 1 amide bonds. The standard InChI is InChI=1S/C47H50ClF3N5O6PS2/c48-38-14-10-34(11-15-38)42-9-5-4-6-37(42)32-55-21-23-56(24-22-55)40-16-12-35(13-17-40)46(57)53-63(58)44-31-45(65(59,60)47(49,50)51)43(30-36(44)19-27-62-63)52-39(18-20-54-25-28-61-29-26-54)33-64-41-7-2-1-3-8-41/h1-17,30-31,39,52H,18-29,32-33H2,(H,53,57,58)/t39-,63?/m1/s1. The molecule has 2 N–H and O–H groups in total. The van der Waals surface area contributed by atoms with E-state index in [1.807, 2.05) is 66.7 Å². The van der Waals surface area contributed by atoms with E-state index in [-0.39, 0.29) is 29.6 Å². The molecular weight excluding hydrogens is 918 g/mol. The van der Waals surface area contributed by atoms with E-state index in [1.54, 1.807) is 24.3 Å². The van der Waals surface area contributed by atoms with E-state index in [4.69, 9.17) is 20.9 Å². The second-order valence-corrected chi connectivity index (χ2v) is 21.7. The minimum Gasteiger partial charge on any atom is -0.380 e. The number of amides is 1. The highest BCUT2D eigenvalue weighted by Crippen LogP contribution is 2.48. The van der Waals surface area contributed by atoms with Crippen molar-refractivity contribution >= 4 is 63.3 Å². The van der Waals surface area contributed by atoms with Gasteiger partial charge in [0, 0.05) is 85.3 Å². The van der Waals surface area contributed by atoms with Gasteiger partial charge in [0.15, 0.2) is 0 Å². The predicted octanol–water partition coefficient (Wildman–Crippen LogP) is 8.74. The number of benzene rings is 5. The molecule has 18 heteroatoms. The molecule has 3 aliphatic rings. The Balaban J connectivity index is 0.965. The van der Waals surface area contributed by atoms with Crippen molar-refractivity contribution in [1.82, 2.24) is 14.9 Å². The second kappa shape index (κ2) is 20.6. The molecule has 5 aromatic carbocycles. The monoisotopic (exact) mass is 967 g/mol. The highest BCUT2D eigenvalue weighted by Gasteiger charge is 2.49. The van der Waals surface area contributed by atoms with Crippen molar-refractivity contribution in [2.24, 2.45) is 0 Å². The van der Waals surface area contributed by atoms with Crippen LogP contribution in [0.4, 0.5) is 24.5 Å². The van der Waals surface area contributed by atoms with Crippen LogP contribution >= 0.6 is 30.9 Å². The summed E-state index contributed by atoms with van der Waals surface area (Å²) in [4.78, 5) is 20.4. The maximum Gasteiger partial charge on any atom is 0.501 e. The number of carbonyl (C=O) groups excluding carboxylic acids is 1. The van der Waals surface area contributed by atoms with E-state index >= 15 is 0 Å². The van der Waals surface area contributed by atoms with Crippen molar-refractivity contribution in [3.63, 3.8) is 0 Å². The molecule has 344 valence electrons. The van der Waals surface area contributed by atoms with Crippen LogP contribution in [0.3, 0.4) is 0 Å². The zero-order valence-electron chi connectivity index (χ0n) is 35.5. The average molecular weight is 969 g/mol. The molecule has 11 nitrogen and oxygen atoms in total. The first-order valence-electron chi connectivity index (χ1n) is 21.5. The van der Waals surface area contributed by atoms with Crippen LogP contribution in [0.2, 0.25) is 5.02 Å². The van der Waals surface area contributed by atoms with E-state index < -0.39 is 39.7 Å². The topological polar surface area (TPSA) is 121 Å². The van der Waals surface area contributed by atoms with Gasteiger partial charge >= 0.3 is 13.0 Å². The molecule has 0 spiro atoms. The summed E-state index contributed by atoms with van der Waals surface area (Å²) >= 11 is 7.63. The largest absolute Gasteiger partial charge is 0.501 e. The number of anilines is 2. The lowest BCUT2D eigenvalue weighted by molar-refractivity contribution is -0.0435. The first-order valence-corrected chi connectivity index (χ1v) is 25.9. The number of nitrogens with one attached hydrogen (secondary N) is 2. The summed E-state index contributed by atoms with van der Waals surface area (Å²) in [6.45, 7) is 6.93. The summed E-state index contributed by atoms with van der Waals surface area (Å²) < 4.78 is 95.4. The third kappa shape index (κ3) is 11.4. The first-order chi connectivity index (χ1) is 31.3. The second-order valence-electron chi connectivity index (χ2n) is 16.2. The number of morpholine rings is 1. The van der Waals surface area contributed by atoms with Gasteiger partial charge < -0.3 is 19.5 Å². The average Bonchev–Trinajstić information content (AvgIpc) is 3.31. The molecule has 1 unspecified atom stereocenters. The van der Waals surface area contributed by atoms with Crippen molar-refractivity contribution in [3.05, 3.63) is 137 Å². The van der Waals surface area contributed by atoms with Crippen molar-refractivity contribution in [2.75, 3.05) is 81.6 Å². The maximum atomic E-state index is 14.5. The maximum absolute atomic E-state index is 14.5. The number of sulfone groups is 1. The van der Waals surface area contributed by atoms with Crippen molar-refractivity contribution < 1.29 is 40.2 Å². The highest BCUT2D eigenvalue weighted by atomic mass is 35.5. The van der Waals surface area contributed by atoms with Crippen LogP contribution in [-0.4, -0.2) is 107 Å². The van der Waals surface area contributed by atoms with Crippen molar-refractivity contribution in [3.8, 4) is 11.1 Å². The number of hydrogen-bond acceptors (Lipinski definition) is 11. The van der Waals surface area contributed by atoms with Crippen LogP contribution in [0.15, 0.2) is 125 Å². The fourth-order valence-corrected chi connectivity index (χ4v) is 12.3. The Hall–Kier alpha value is -4.38. The number of nitrogens with zero attached hydrogens (tertiary/aromatic N) is 3. The molecular formula is C47H50ClF3N5O6PS2.